The maximum atomic E-state index is 11.9. The summed E-state index contributed by atoms with van der Waals surface area (Å²) in [7, 11) is 0. The summed E-state index contributed by atoms with van der Waals surface area (Å²) in [6.07, 6.45) is 5.03. The second kappa shape index (κ2) is 5.61. The lowest BCUT2D eigenvalue weighted by Gasteiger charge is -2.26. The van der Waals surface area contributed by atoms with E-state index in [1.54, 1.807) is 0 Å². The Bertz CT molecular complexity index is 438. The number of nitrogens with one attached hydrogen (secondary N) is 2. The van der Waals surface area contributed by atoms with E-state index >= 15 is 0 Å². The lowest BCUT2D eigenvalue weighted by Crippen LogP contribution is -2.40. The van der Waals surface area contributed by atoms with Crippen molar-refractivity contribution in [2.45, 2.75) is 31.8 Å². The van der Waals surface area contributed by atoms with Gasteiger partial charge in [0, 0.05) is 38.9 Å². The fourth-order valence-corrected chi connectivity index (χ4v) is 2.87. The van der Waals surface area contributed by atoms with Gasteiger partial charge >= 0.3 is 6.03 Å². The highest BCUT2D eigenvalue weighted by Crippen LogP contribution is 2.16. The van der Waals surface area contributed by atoms with Gasteiger partial charge in [0.1, 0.15) is 0 Å². The highest BCUT2D eigenvalue weighted by molar-refractivity contribution is 5.74. The molecule has 0 radical (unpaired) electrons. The van der Waals surface area contributed by atoms with Crippen molar-refractivity contribution in [1.82, 2.24) is 25.3 Å². The van der Waals surface area contributed by atoms with Crippen molar-refractivity contribution >= 4 is 6.03 Å². The Labute approximate surface area is 113 Å². The maximum absolute atomic E-state index is 11.9. The molecule has 1 atom stereocenters. The van der Waals surface area contributed by atoms with E-state index in [1.807, 2.05) is 17.2 Å². The zero-order chi connectivity index (χ0) is 13.1. The molecule has 2 aliphatic rings. The number of likely N-dealkylation sites (tertiary alicyclic amines) is 1. The number of nitrogens with zero attached hydrogens (tertiary/aromatic N) is 3. The van der Waals surface area contributed by atoms with Crippen LogP contribution in [0.4, 0.5) is 4.79 Å². The summed E-state index contributed by atoms with van der Waals surface area (Å²) in [5, 5.41) is 10.8. The number of rotatable bonds is 3. The molecule has 0 unspecified atom stereocenters. The highest BCUT2D eigenvalue weighted by atomic mass is 16.2. The normalized spacial score (nSPS) is 22.3. The predicted octanol–water partition coefficient (Wildman–Crippen LogP) is 0.723. The number of urea groups is 1. The number of carbonyl (C=O) groups excluding carboxylic acids is 1. The van der Waals surface area contributed by atoms with Gasteiger partial charge in [0.15, 0.2) is 0 Å². The van der Waals surface area contributed by atoms with Gasteiger partial charge in [-0.05, 0) is 25.3 Å². The molecule has 2 amide bonds. The first-order valence-corrected chi connectivity index (χ1v) is 7.10. The first-order chi connectivity index (χ1) is 9.34. The van der Waals surface area contributed by atoms with Crippen LogP contribution in [0.5, 0.6) is 0 Å². The molecule has 3 rings (SSSR count). The Hall–Kier alpha value is -1.56. The first kappa shape index (κ1) is 12.5. The van der Waals surface area contributed by atoms with Crippen molar-refractivity contribution < 1.29 is 4.79 Å². The maximum Gasteiger partial charge on any atom is 0.317 e. The molecule has 104 valence electrons. The van der Waals surface area contributed by atoms with Gasteiger partial charge in [-0.3, -0.25) is 4.68 Å². The fourth-order valence-electron chi connectivity index (χ4n) is 2.87. The van der Waals surface area contributed by atoms with Gasteiger partial charge in [-0.25, -0.2) is 4.79 Å². The third-order valence-electron chi connectivity index (χ3n) is 3.93. The second-order valence-electron chi connectivity index (χ2n) is 5.27. The Morgan fingerprint density at radius 3 is 3.16 bits per heavy atom. The molecule has 6 heteroatoms. The average Bonchev–Trinajstić information content (AvgIpc) is 3.10. The molecule has 6 nitrogen and oxygen atoms in total. The van der Waals surface area contributed by atoms with Crippen LogP contribution in [0.25, 0.3) is 0 Å². The van der Waals surface area contributed by atoms with Gasteiger partial charge in [0.2, 0.25) is 0 Å². The van der Waals surface area contributed by atoms with E-state index in [2.05, 4.69) is 20.4 Å². The molecule has 0 aromatic carbocycles. The van der Waals surface area contributed by atoms with E-state index in [9.17, 15) is 4.79 Å². The molecule has 1 aromatic rings. The summed E-state index contributed by atoms with van der Waals surface area (Å²) >= 11 is 0. The number of fused-ring (bicyclic) bond motifs is 1. The smallest absolute Gasteiger partial charge is 0.317 e. The minimum Gasteiger partial charge on any atom is -0.338 e. The van der Waals surface area contributed by atoms with Gasteiger partial charge in [0.25, 0.3) is 0 Å². The molecule has 0 bridgehead atoms. The molecule has 2 N–H and O–H groups in total. The number of aromatic nitrogens is 2. The molecule has 0 aliphatic carbocycles. The van der Waals surface area contributed by atoms with E-state index in [1.165, 1.54) is 5.69 Å². The van der Waals surface area contributed by atoms with Crippen molar-refractivity contribution in [2.24, 2.45) is 0 Å². The Morgan fingerprint density at radius 2 is 2.32 bits per heavy atom. The van der Waals surface area contributed by atoms with Crippen LogP contribution in [0, 0.1) is 0 Å². The van der Waals surface area contributed by atoms with E-state index in [0.29, 0.717) is 12.6 Å². The van der Waals surface area contributed by atoms with E-state index in [4.69, 9.17) is 0 Å². The van der Waals surface area contributed by atoms with Crippen molar-refractivity contribution in [3.8, 4) is 0 Å². The summed E-state index contributed by atoms with van der Waals surface area (Å²) in [4.78, 5) is 13.8. The van der Waals surface area contributed by atoms with Gasteiger partial charge in [0.05, 0.1) is 11.7 Å². The average molecular weight is 263 g/mol. The van der Waals surface area contributed by atoms with Crippen LogP contribution in [0.3, 0.4) is 0 Å². The van der Waals surface area contributed by atoms with Crippen LogP contribution >= 0.6 is 0 Å². The third kappa shape index (κ3) is 2.73. The van der Waals surface area contributed by atoms with Crippen molar-refractivity contribution in [3.63, 3.8) is 0 Å². The van der Waals surface area contributed by atoms with Crippen LogP contribution in [0.2, 0.25) is 0 Å². The fraction of sp³-hybridized carbons (Fsp3) is 0.692. The molecule has 0 saturated carbocycles. The lowest BCUT2D eigenvalue weighted by atomic mass is 10.1. The van der Waals surface area contributed by atoms with Gasteiger partial charge in [-0.1, -0.05) is 0 Å². The molecule has 1 aromatic heterocycles. The van der Waals surface area contributed by atoms with Crippen molar-refractivity contribution in [1.29, 1.82) is 0 Å². The summed E-state index contributed by atoms with van der Waals surface area (Å²) in [5.74, 6) is 0. The number of amides is 2. The Morgan fingerprint density at radius 1 is 1.47 bits per heavy atom. The van der Waals surface area contributed by atoms with E-state index < -0.39 is 0 Å². The number of hydrogen-bond acceptors (Lipinski definition) is 3. The van der Waals surface area contributed by atoms with Crippen LogP contribution in [0.15, 0.2) is 12.3 Å². The molecule has 3 heterocycles. The second-order valence-corrected chi connectivity index (χ2v) is 5.27. The largest absolute Gasteiger partial charge is 0.338 e. The minimum atomic E-state index is 0.0851. The van der Waals surface area contributed by atoms with Crippen LogP contribution in [-0.4, -0.2) is 46.9 Å². The van der Waals surface area contributed by atoms with Gasteiger partial charge < -0.3 is 15.5 Å². The quantitative estimate of drug-likeness (QED) is 0.845. The van der Waals surface area contributed by atoms with Gasteiger partial charge in [-0.15, -0.1) is 0 Å². The molecule has 19 heavy (non-hydrogen) atoms. The van der Waals surface area contributed by atoms with E-state index in [-0.39, 0.29) is 6.03 Å². The summed E-state index contributed by atoms with van der Waals surface area (Å²) in [6.45, 7) is 4.33. The zero-order valence-electron chi connectivity index (χ0n) is 11.1. The monoisotopic (exact) mass is 263 g/mol. The van der Waals surface area contributed by atoms with Crippen molar-refractivity contribution in [2.75, 3.05) is 26.2 Å². The summed E-state index contributed by atoms with van der Waals surface area (Å²) in [5.41, 5.74) is 1.22. The van der Waals surface area contributed by atoms with Gasteiger partial charge in [-0.2, -0.15) is 5.10 Å². The molecule has 2 aliphatic heterocycles. The third-order valence-corrected chi connectivity index (χ3v) is 3.93. The molecule has 0 spiro atoms. The first-order valence-electron chi connectivity index (χ1n) is 7.10. The predicted molar refractivity (Wildman–Crippen MR) is 71.8 cm³/mol. The standard InChI is InChI=1S/C13H21N5O/c19-13(17-7-1-2-8-17)15-5-3-11-9-14-10-12-4-6-16-18(11)12/h4,6,11,14H,1-3,5,7-10H2,(H,15,19)/t11-/m1/s1. The SMILES string of the molecule is O=C(NCC[C@@H]1CNCc2ccnn21)N1CCCC1. The molecule has 1 fully saturated rings. The lowest BCUT2D eigenvalue weighted by molar-refractivity contribution is 0.207. The van der Waals surface area contributed by atoms with Crippen LogP contribution < -0.4 is 10.6 Å². The minimum absolute atomic E-state index is 0.0851. The molecule has 1 saturated heterocycles. The van der Waals surface area contributed by atoms with E-state index in [0.717, 1.165) is 45.4 Å². The van der Waals surface area contributed by atoms with Crippen molar-refractivity contribution in [3.05, 3.63) is 18.0 Å². The Balaban J connectivity index is 1.47. The summed E-state index contributed by atoms with van der Waals surface area (Å²) < 4.78 is 2.08. The number of carbonyl (C=O) groups is 1. The molecular formula is C13H21N5O. The number of hydrogen-bond donors (Lipinski definition) is 2. The topological polar surface area (TPSA) is 62.2 Å². The highest BCUT2D eigenvalue weighted by Gasteiger charge is 2.21. The Kier molecular flexibility index (Phi) is 3.68. The zero-order valence-corrected chi connectivity index (χ0v) is 11.1. The van der Waals surface area contributed by atoms with Crippen LogP contribution in [0.1, 0.15) is 31.0 Å². The molecular weight excluding hydrogens is 242 g/mol. The summed E-state index contributed by atoms with van der Waals surface area (Å²) in [6, 6.07) is 2.47. The van der Waals surface area contributed by atoms with Crippen LogP contribution in [-0.2, 0) is 6.54 Å².